The van der Waals surface area contributed by atoms with Crippen molar-refractivity contribution in [1.82, 2.24) is 0 Å². The van der Waals surface area contributed by atoms with Gasteiger partial charge < -0.3 is 9.80 Å². The van der Waals surface area contributed by atoms with E-state index in [9.17, 15) is 0 Å². The Balaban J connectivity index is 0.996. The summed E-state index contributed by atoms with van der Waals surface area (Å²) in [6.45, 7) is 24.3. The highest BCUT2D eigenvalue weighted by Crippen LogP contribution is 2.61. The highest BCUT2D eigenvalue weighted by Gasteiger charge is 2.47. The standard InChI is InChI=1S/C83H70N2/c1-79(2)67-30-18-13-23-53(67)58-39-35-49(43-72(58)79)84(50-36-40-59-54-24-14-19-31-68(54)80(3,4)73(59)44-50)77-62-28-11-12-29-63(62)78(66-48-76-64(47-65(66)77)57-27-17-22-34-71(57)83(76,9)10)85(51-37-41-60-55-25-15-20-32-69(55)81(5,6)74(60)45-51)52-38-42-61-56-26-16-21-33-70(56)82(7,8)75(61)46-52/h11-48,58,72H,1-10H3. The van der Waals surface area contributed by atoms with Crippen LogP contribution in [-0.4, -0.2) is 0 Å². The molecule has 0 fully saturated rings. The maximum Gasteiger partial charge on any atom is 0.0620 e. The third kappa shape index (κ3) is 6.66. The monoisotopic (exact) mass is 1090 g/mol. The van der Waals surface area contributed by atoms with E-state index in [1.807, 2.05) is 0 Å². The first-order chi connectivity index (χ1) is 41.0. The molecule has 17 rings (SSSR count). The van der Waals surface area contributed by atoms with Crippen LogP contribution in [0.5, 0.6) is 0 Å². The van der Waals surface area contributed by atoms with Gasteiger partial charge in [-0.05, 0) is 166 Å². The summed E-state index contributed by atoms with van der Waals surface area (Å²) >= 11 is 0. The van der Waals surface area contributed by atoms with Crippen LogP contribution in [0.25, 0.3) is 66.1 Å². The van der Waals surface area contributed by atoms with Gasteiger partial charge in [-0.2, -0.15) is 0 Å². The second-order valence-electron chi connectivity index (χ2n) is 28.0. The lowest BCUT2D eigenvalue weighted by molar-refractivity contribution is 0.392. The molecule has 0 saturated carbocycles. The zero-order chi connectivity index (χ0) is 57.8. The Morgan fingerprint density at radius 1 is 0.294 bits per heavy atom. The summed E-state index contributed by atoms with van der Waals surface area (Å²) in [6, 6.07) is 82.4. The molecule has 11 aromatic carbocycles. The van der Waals surface area contributed by atoms with Crippen LogP contribution in [0.4, 0.5) is 28.4 Å². The van der Waals surface area contributed by atoms with Crippen LogP contribution in [0.2, 0.25) is 0 Å². The van der Waals surface area contributed by atoms with E-state index in [2.05, 4.69) is 310 Å². The van der Waals surface area contributed by atoms with Gasteiger partial charge in [-0.1, -0.05) is 245 Å². The van der Waals surface area contributed by atoms with Crippen LogP contribution in [0.3, 0.4) is 0 Å². The minimum absolute atomic E-state index is 0.0906. The van der Waals surface area contributed by atoms with Crippen LogP contribution >= 0.6 is 0 Å². The van der Waals surface area contributed by atoms with Gasteiger partial charge in [-0.25, -0.2) is 0 Å². The van der Waals surface area contributed by atoms with E-state index in [0.717, 1.165) is 11.4 Å². The topological polar surface area (TPSA) is 6.48 Å². The molecule has 412 valence electrons. The van der Waals surface area contributed by atoms with E-state index in [-0.39, 0.29) is 38.9 Å². The van der Waals surface area contributed by atoms with Gasteiger partial charge in [-0.3, -0.25) is 0 Å². The first kappa shape index (κ1) is 50.5. The maximum atomic E-state index is 2.69. The van der Waals surface area contributed by atoms with E-state index < -0.39 is 0 Å². The molecular weight excluding hydrogens is 1020 g/mol. The fraction of sp³-hybridized carbons (Fsp3) is 0.205. The predicted octanol–water partition coefficient (Wildman–Crippen LogP) is 22.0. The fourth-order valence-electron chi connectivity index (χ4n) is 17.4. The Hall–Kier alpha value is -8.98. The number of benzene rings is 11. The second kappa shape index (κ2) is 17.1. The zero-order valence-electron chi connectivity index (χ0n) is 50.5. The second-order valence-corrected chi connectivity index (χ2v) is 28.0. The molecule has 2 nitrogen and oxygen atoms in total. The largest absolute Gasteiger partial charge is 0.310 e. The van der Waals surface area contributed by atoms with Crippen molar-refractivity contribution >= 4 is 50.0 Å². The van der Waals surface area contributed by atoms with E-state index >= 15 is 0 Å². The van der Waals surface area contributed by atoms with Gasteiger partial charge in [0.1, 0.15) is 0 Å². The Labute approximate surface area is 501 Å². The summed E-state index contributed by atoms with van der Waals surface area (Å²) in [4.78, 5) is 5.35. The quantitative estimate of drug-likeness (QED) is 0.121. The van der Waals surface area contributed by atoms with E-state index in [0.29, 0.717) is 0 Å². The van der Waals surface area contributed by atoms with Crippen molar-refractivity contribution in [3.05, 3.63) is 292 Å². The Bertz CT molecular complexity index is 4730. The Morgan fingerprint density at radius 2 is 0.647 bits per heavy atom. The normalized spacial score (nSPS) is 19.0. The van der Waals surface area contributed by atoms with E-state index in [1.165, 1.54) is 144 Å². The van der Waals surface area contributed by atoms with Gasteiger partial charge in [0.25, 0.3) is 0 Å². The summed E-state index contributed by atoms with van der Waals surface area (Å²) in [6.07, 6.45) is 7.65. The number of anilines is 5. The molecule has 0 amide bonds. The molecule has 0 saturated heterocycles. The third-order valence-electron chi connectivity index (χ3n) is 21.9. The SMILES string of the molecule is CC1(C)c2ccccc2-c2ccc(N(C3=CC4C(C=C3)c3ccccc3C4(C)C)c3c4ccccc4c(N(c4ccc5c(c4)C(C)(C)c4ccccc4-5)c4ccc5c(c4)C(C)(C)c4ccccc4-5)c4cc5c(cc34)-c3ccccc3C5(C)C)cc21. The molecule has 6 aliphatic rings. The first-order valence-electron chi connectivity index (χ1n) is 30.9. The molecule has 0 radical (unpaired) electrons. The average Bonchev–Trinajstić information content (AvgIpc) is 1.83. The molecular formula is C83H70N2. The Morgan fingerprint density at radius 3 is 1.12 bits per heavy atom. The predicted molar refractivity (Wildman–Crippen MR) is 358 cm³/mol. The molecule has 11 aromatic rings. The summed E-state index contributed by atoms with van der Waals surface area (Å²) < 4.78 is 0. The zero-order valence-corrected chi connectivity index (χ0v) is 50.5. The molecule has 2 heteroatoms. The molecule has 85 heavy (non-hydrogen) atoms. The van der Waals surface area contributed by atoms with Crippen LogP contribution < -0.4 is 9.80 Å². The number of nitrogens with zero attached hydrogens (tertiary/aromatic N) is 2. The van der Waals surface area contributed by atoms with Crippen molar-refractivity contribution in [3.8, 4) is 44.5 Å². The van der Waals surface area contributed by atoms with Gasteiger partial charge in [-0.15, -0.1) is 0 Å². The summed E-state index contributed by atoms with van der Waals surface area (Å²) in [7, 11) is 0. The van der Waals surface area contributed by atoms with E-state index in [4.69, 9.17) is 0 Å². The highest BCUT2D eigenvalue weighted by atomic mass is 15.2. The minimum atomic E-state index is -0.256. The summed E-state index contributed by atoms with van der Waals surface area (Å²) in [5, 5.41) is 4.86. The Kier molecular flexibility index (Phi) is 10.2. The molecule has 0 heterocycles. The lowest BCUT2D eigenvalue weighted by Gasteiger charge is -2.37. The van der Waals surface area contributed by atoms with Gasteiger partial charge in [0.05, 0.1) is 11.4 Å². The molecule has 2 atom stereocenters. The summed E-state index contributed by atoms with van der Waals surface area (Å²) in [5.74, 6) is 0.531. The lowest BCUT2D eigenvalue weighted by Crippen LogP contribution is -2.28. The van der Waals surface area contributed by atoms with E-state index in [1.54, 1.807) is 0 Å². The molecule has 2 unspecified atom stereocenters. The van der Waals surface area contributed by atoms with Gasteiger partial charge in [0, 0.05) is 71.9 Å². The van der Waals surface area contributed by atoms with Crippen molar-refractivity contribution in [1.29, 1.82) is 0 Å². The third-order valence-corrected chi connectivity index (χ3v) is 21.9. The summed E-state index contributed by atoms with van der Waals surface area (Å²) in [5.41, 5.74) is 30.5. The number of hydrogen-bond donors (Lipinski definition) is 0. The van der Waals surface area contributed by atoms with Crippen molar-refractivity contribution in [3.63, 3.8) is 0 Å². The van der Waals surface area contributed by atoms with Gasteiger partial charge in [0.15, 0.2) is 0 Å². The molecule has 6 aliphatic carbocycles. The highest BCUT2D eigenvalue weighted by molar-refractivity contribution is 6.24. The smallest absolute Gasteiger partial charge is 0.0620 e. The molecule has 0 aromatic heterocycles. The van der Waals surface area contributed by atoms with Crippen molar-refractivity contribution in [2.45, 2.75) is 102 Å². The minimum Gasteiger partial charge on any atom is -0.310 e. The van der Waals surface area contributed by atoms with Crippen molar-refractivity contribution in [2.24, 2.45) is 5.92 Å². The maximum absolute atomic E-state index is 2.69. The number of hydrogen-bond acceptors (Lipinski definition) is 2. The number of fused-ring (bicyclic) bond motifs is 17. The average molecular weight is 1100 g/mol. The fourth-order valence-corrected chi connectivity index (χ4v) is 17.4. The number of allylic oxidation sites excluding steroid dienone is 3. The van der Waals surface area contributed by atoms with Crippen LogP contribution in [0.1, 0.15) is 131 Å². The van der Waals surface area contributed by atoms with Gasteiger partial charge >= 0.3 is 0 Å². The lowest BCUT2D eigenvalue weighted by atomic mass is 9.74. The molecule has 0 bridgehead atoms. The number of rotatable bonds is 6. The first-order valence-corrected chi connectivity index (χ1v) is 30.9. The molecule has 0 aliphatic heterocycles. The van der Waals surface area contributed by atoms with Crippen LogP contribution in [0.15, 0.2) is 236 Å². The molecule has 0 spiro atoms. The van der Waals surface area contributed by atoms with Gasteiger partial charge in [0.2, 0.25) is 0 Å². The van der Waals surface area contributed by atoms with Crippen LogP contribution in [0, 0.1) is 5.92 Å². The van der Waals surface area contributed by atoms with Crippen molar-refractivity contribution < 1.29 is 0 Å². The van der Waals surface area contributed by atoms with Crippen LogP contribution in [-0.2, 0) is 27.1 Å². The van der Waals surface area contributed by atoms with Crippen molar-refractivity contribution in [2.75, 3.05) is 9.80 Å². The molecule has 0 N–H and O–H groups in total.